The molecule has 8 nitrogen and oxygen atoms in total. The third-order valence-electron chi connectivity index (χ3n) is 7.81. The summed E-state index contributed by atoms with van der Waals surface area (Å²) < 4.78 is 8.00. The number of ether oxygens (including phenoxy) is 1. The van der Waals surface area contributed by atoms with Crippen molar-refractivity contribution in [1.29, 1.82) is 0 Å². The maximum atomic E-state index is 13.3. The van der Waals surface area contributed by atoms with Crippen molar-refractivity contribution >= 4 is 16.9 Å². The van der Waals surface area contributed by atoms with Crippen LogP contribution in [0.25, 0.3) is 22.2 Å². The smallest absolute Gasteiger partial charge is 0.318 e. The lowest BCUT2D eigenvalue weighted by Crippen LogP contribution is -2.48. The number of urea groups is 1. The zero-order valence-corrected chi connectivity index (χ0v) is 22.4. The fourth-order valence-electron chi connectivity index (χ4n) is 5.80. The summed E-state index contributed by atoms with van der Waals surface area (Å²) in [6.45, 7) is 10.3. The first kappa shape index (κ1) is 24.4. The van der Waals surface area contributed by atoms with Crippen molar-refractivity contribution in [1.82, 2.24) is 30.0 Å². The fourth-order valence-corrected chi connectivity index (χ4v) is 5.80. The molecule has 4 aromatic rings. The summed E-state index contributed by atoms with van der Waals surface area (Å²) in [4.78, 5) is 24.3. The van der Waals surface area contributed by atoms with E-state index in [1.165, 1.54) is 5.69 Å². The highest BCUT2D eigenvalue weighted by Crippen LogP contribution is 2.44. The van der Waals surface area contributed by atoms with Crippen molar-refractivity contribution in [3.05, 3.63) is 72.3 Å². The number of amides is 2. The maximum absolute atomic E-state index is 13.3. The molecule has 1 fully saturated rings. The number of likely N-dealkylation sites (tertiary alicyclic amines) is 1. The van der Waals surface area contributed by atoms with E-state index in [-0.39, 0.29) is 17.6 Å². The summed E-state index contributed by atoms with van der Waals surface area (Å²) in [5, 5.41) is 9.17. The van der Waals surface area contributed by atoms with Crippen LogP contribution < -0.4 is 10.1 Å². The molecular formula is C30H34N6O2. The Morgan fingerprint density at radius 2 is 1.92 bits per heavy atom. The highest BCUT2D eigenvalue weighted by Gasteiger charge is 2.47. The van der Waals surface area contributed by atoms with Crippen molar-refractivity contribution < 1.29 is 9.53 Å². The molecule has 0 bridgehead atoms. The molecule has 1 aromatic carbocycles. The van der Waals surface area contributed by atoms with Gasteiger partial charge in [-0.25, -0.2) is 4.79 Å². The van der Waals surface area contributed by atoms with Crippen LogP contribution in [0.5, 0.6) is 5.75 Å². The number of pyridine rings is 2. The van der Waals surface area contributed by atoms with Crippen LogP contribution in [0.15, 0.2) is 60.9 Å². The highest BCUT2D eigenvalue weighted by atomic mass is 16.5. The first-order valence-electron chi connectivity index (χ1n) is 13.4. The van der Waals surface area contributed by atoms with E-state index in [0.717, 1.165) is 59.5 Å². The van der Waals surface area contributed by atoms with E-state index in [2.05, 4.69) is 32.1 Å². The quantitative estimate of drug-likeness (QED) is 0.395. The van der Waals surface area contributed by atoms with Crippen LogP contribution in [0.2, 0.25) is 0 Å². The Kier molecular flexibility index (Phi) is 5.85. The minimum absolute atomic E-state index is 0.0473. The Balaban J connectivity index is 1.21. The molecule has 3 aromatic heterocycles. The third kappa shape index (κ3) is 4.38. The van der Waals surface area contributed by atoms with Gasteiger partial charge in [-0.3, -0.25) is 14.6 Å². The number of carbonyl (C=O) groups excluding carboxylic acids is 1. The van der Waals surface area contributed by atoms with Gasteiger partial charge in [0.2, 0.25) is 0 Å². The van der Waals surface area contributed by atoms with Crippen LogP contribution >= 0.6 is 0 Å². The molecule has 2 amide bonds. The minimum atomic E-state index is -0.554. The Labute approximate surface area is 223 Å². The number of nitrogens with zero attached hydrogens (tertiary/aromatic N) is 5. The van der Waals surface area contributed by atoms with E-state index in [4.69, 9.17) is 9.84 Å². The molecule has 5 heterocycles. The normalized spacial score (nSPS) is 18.9. The molecule has 6 rings (SSSR count). The van der Waals surface area contributed by atoms with Gasteiger partial charge in [0, 0.05) is 54.1 Å². The predicted molar refractivity (Wildman–Crippen MR) is 147 cm³/mol. The second kappa shape index (κ2) is 9.11. The molecule has 1 N–H and O–H groups in total. The van der Waals surface area contributed by atoms with Crippen LogP contribution in [0.3, 0.4) is 0 Å². The lowest BCUT2D eigenvalue weighted by molar-refractivity contribution is 0.193. The fraction of sp³-hybridized carbons (Fsp3) is 0.400. The molecule has 1 spiro atoms. The molecule has 8 heteroatoms. The number of benzene rings is 1. The van der Waals surface area contributed by atoms with E-state index >= 15 is 0 Å². The van der Waals surface area contributed by atoms with Gasteiger partial charge in [0.05, 0.1) is 28.5 Å². The van der Waals surface area contributed by atoms with Gasteiger partial charge in [-0.15, -0.1) is 0 Å². The number of carbonyl (C=O) groups is 1. The van der Waals surface area contributed by atoms with Crippen LogP contribution in [0.1, 0.15) is 51.9 Å². The van der Waals surface area contributed by atoms with Crippen molar-refractivity contribution in [3.63, 3.8) is 0 Å². The summed E-state index contributed by atoms with van der Waals surface area (Å²) in [5.74, 6) is 0.841. The van der Waals surface area contributed by atoms with Crippen molar-refractivity contribution in [2.75, 3.05) is 13.1 Å². The summed E-state index contributed by atoms with van der Waals surface area (Å²) in [6, 6.07) is 16.1. The van der Waals surface area contributed by atoms with E-state index in [1.54, 1.807) is 6.20 Å². The average Bonchev–Trinajstić information content (AvgIpc) is 3.60. The molecule has 1 saturated heterocycles. The van der Waals surface area contributed by atoms with Crippen molar-refractivity contribution in [2.24, 2.45) is 0 Å². The van der Waals surface area contributed by atoms with Gasteiger partial charge < -0.3 is 15.0 Å². The molecule has 2 aliphatic heterocycles. The van der Waals surface area contributed by atoms with E-state index < -0.39 is 5.54 Å². The van der Waals surface area contributed by atoms with E-state index in [1.807, 2.05) is 75.2 Å². The Morgan fingerprint density at radius 1 is 1.08 bits per heavy atom. The number of nitrogens with one attached hydrogen (secondary N) is 1. The number of hydrogen-bond acceptors (Lipinski definition) is 5. The second-order valence-electron chi connectivity index (χ2n) is 11.4. The summed E-state index contributed by atoms with van der Waals surface area (Å²) >= 11 is 0. The molecular weight excluding hydrogens is 476 g/mol. The molecule has 38 heavy (non-hydrogen) atoms. The number of rotatable bonds is 5. The summed E-state index contributed by atoms with van der Waals surface area (Å²) in [5.41, 5.74) is 4.27. The molecule has 1 atom stereocenters. The maximum Gasteiger partial charge on any atom is 0.318 e. The number of hydrogen-bond donors (Lipinski definition) is 1. The highest BCUT2D eigenvalue weighted by molar-refractivity contribution is 5.84. The van der Waals surface area contributed by atoms with Gasteiger partial charge in [-0.1, -0.05) is 6.07 Å². The Morgan fingerprint density at radius 3 is 2.71 bits per heavy atom. The first-order valence-corrected chi connectivity index (χ1v) is 13.4. The third-order valence-corrected chi connectivity index (χ3v) is 7.81. The molecule has 2 aliphatic rings. The molecule has 0 radical (unpaired) electrons. The van der Waals surface area contributed by atoms with Gasteiger partial charge in [0.1, 0.15) is 5.75 Å². The van der Waals surface area contributed by atoms with Crippen LogP contribution in [0.4, 0.5) is 4.79 Å². The minimum Gasteiger partial charge on any atom is -0.491 e. The second-order valence-corrected chi connectivity index (χ2v) is 11.4. The average molecular weight is 511 g/mol. The van der Waals surface area contributed by atoms with Gasteiger partial charge in [0.15, 0.2) is 0 Å². The largest absolute Gasteiger partial charge is 0.491 e. The zero-order valence-electron chi connectivity index (χ0n) is 22.4. The number of fused-ring (bicyclic) bond motifs is 3. The van der Waals surface area contributed by atoms with Gasteiger partial charge in [-0.2, -0.15) is 5.10 Å². The molecule has 0 aliphatic carbocycles. The predicted octanol–water partition coefficient (Wildman–Crippen LogP) is 5.27. The summed E-state index contributed by atoms with van der Waals surface area (Å²) in [6.07, 6.45) is 5.69. The van der Waals surface area contributed by atoms with Crippen LogP contribution in [0, 0.1) is 0 Å². The number of aromatic nitrogens is 4. The topological polar surface area (TPSA) is 85.2 Å². The lowest BCUT2D eigenvalue weighted by Gasteiger charge is -2.30. The molecule has 0 saturated carbocycles. The number of aryl methyl sites for hydroxylation is 1. The van der Waals surface area contributed by atoms with Gasteiger partial charge in [0.25, 0.3) is 0 Å². The molecule has 196 valence electrons. The monoisotopic (exact) mass is 510 g/mol. The lowest BCUT2D eigenvalue weighted by atomic mass is 9.82. The SMILES string of the molecule is CC(C)Oc1ccc2ncc(-c3cc4n(n3)CCC43CCN(C(=O)NC(C)(C)c4ccccn4)C3)cc2c1. The summed E-state index contributed by atoms with van der Waals surface area (Å²) in [7, 11) is 0. The molecule has 1 unspecified atom stereocenters. The van der Waals surface area contributed by atoms with Crippen molar-refractivity contribution in [3.8, 4) is 17.0 Å². The van der Waals surface area contributed by atoms with Gasteiger partial charge >= 0.3 is 6.03 Å². The first-order chi connectivity index (χ1) is 18.2. The zero-order chi connectivity index (χ0) is 26.5. The standard InChI is InChI=1S/C30H34N6O2/c1-20(2)38-23-8-9-24-21(16-23)15-22(18-32-24)25-17-27-30(11-14-36(27)34-25)10-13-35(19-30)28(37)33-29(3,4)26-7-5-6-12-31-26/h5-9,12,15-18,20H,10-11,13-14,19H2,1-4H3,(H,33,37). The van der Waals surface area contributed by atoms with Gasteiger partial charge in [-0.05, 0) is 83.0 Å². The Hall–Kier alpha value is -3.94. The van der Waals surface area contributed by atoms with E-state index in [9.17, 15) is 4.79 Å². The van der Waals surface area contributed by atoms with Crippen LogP contribution in [-0.4, -0.2) is 49.9 Å². The van der Waals surface area contributed by atoms with E-state index in [0.29, 0.717) is 6.54 Å². The van der Waals surface area contributed by atoms with Crippen LogP contribution in [-0.2, 0) is 17.5 Å². The Bertz CT molecular complexity index is 1500. The van der Waals surface area contributed by atoms with Crippen molar-refractivity contribution in [2.45, 2.75) is 64.1 Å².